The lowest BCUT2D eigenvalue weighted by Crippen LogP contribution is -2.11. The van der Waals surface area contributed by atoms with Gasteiger partial charge in [0.15, 0.2) is 0 Å². The van der Waals surface area contributed by atoms with Crippen LogP contribution in [0.2, 0.25) is 0 Å². The molecule has 2 aromatic heterocycles. The van der Waals surface area contributed by atoms with Crippen molar-refractivity contribution in [3.63, 3.8) is 0 Å². The molecule has 2 aromatic carbocycles. The highest BCUT2D eigenvalue weighted by molar-refractivity contribution is 5.99. The van der Waals surface area contributed by atoms with E-state index < -0.39 is 0 Å². The van der Waals surface area contributed by atoms with Gasteiger partial charge in [-0.05, 0) is 29.2 Å². The molecule has 0 amide bonds. The van der Waals surface area contributed by atoms with E-state index >= 15 is 0 Å². The van der Waals surface area contributed by atoms with Crippen LogP contribution in [0.25, 0.3) is 10.9 Å². The second kappa shape index (κ2) is 7.91. The van der Waals surface area contributed by atoms with Crippen LogP contribution in [0, 0.1) is 0 Å². The Labute approximate surface area is 170 Å². The SMILES string of the molecule is CC(C)(C)c1ccc(OCCn2cc(/C=N/n3cnnc3)c3ccccc32)cc1. The standard InChI is InChI=1S/C23H25N5O/c1-23(2,3)19-8-10-20(11-9-19)29-13-12-27-15-18(14-26-28-16-24-25-17-28)21-6-4-5-7-22(21)27/h4-11,14-17H,12-13H2,1-3H3/b26-14+. The molecule has 0 bridgehead atoms. The third-order valence-corrected chi connectivity index (χ3v) is 4.88. The molecule has 6 heteroatoms. The lowest BCUT2D eigenvalue weighted by molar-refractivity contribution is 0.300. The van der Waals surface area contributed by atoms with Gasteiger partial charge in [-0.15, -0.1) is 10.2 Å². The summed E-state index contributed by atoms with van der Waals surface area (Å²) in [4.78, 5) is 0. The molecule has 0 unspecified atom stereocenters. The third-order valence-electron chi connectivity index (χ3n) is 4.88. The van der Waals surface area contributed by atoms with Crippen molar-refractivity contribution in [2.24, 2.45) is 5.10 Å². The zero-order valence-electron chi connectivity index (χ0n) is 17.0. The highest BCUT2D eigenvalue weighted by Crippen LogP contribution is 2.24. The molecule has 2 heterocycles. The molecule has 0 aliphatic heterocycles. The molecule has 0 fully saturated rings. The predicted molar refractivity (Wildman–Crippen MR) is 116 cm³/mol. The van der Waals surface area contributed by atoms with Gasteiger partial charge in [0.2, 0.25) is 0 Å². The van der Waals surface area contributed by atoms with Crippen LogP contribution < -0.4 is 4.74 Å². The second-order valence-corrected chi connectivity index (χ2v) is 8.00. The summed E-state index contributed by atoms with van der Waals surface area (Å²) < 4.78 is 9.76. The zero-order valence-corrected chi connectivity index (χ0v) is 17.0. The van der Waals surface area contributed by atoms with Crippen LogP contribution in [0.5, 0.6) is 5.75 Å². The van der Waals surface area contributed by atoms with Gasteiger partial charge in [0.1, 0.15) is 25.0 Å². The first-order chi connectivity index (χ1) is 14.0. The van der Waals surface area contributed by atoms with Gasteiger partial charge in [0.05, 0.1) is 12.8 Å². The maximum atomic E-state index is 5.98. The number of aromatic nitrogens is 4. The maximum Gasteiger partial charge on any atom is 0.141 e. The van der Waals surface area contributed by atoms with E-state index in [0.29, 0.717) is 6.61 Å². The normalized spacial score (nSPS) is 12.1. The third kappa shape index (κ3) is 4.37. The first kappa shape index (κ1) is 18.9. The van der Waals surface area contributed by atoms with Gasteiger partial charge in [0.25, 0.3) is 0 Å². The minimum atomic E-state index is 0.146. The number of hydrogen-bond acceptors (Lipinski definition) is 4. The quantitative estimate of drug-likeness (QED) is 0.458. The number of para-hydroxylation sites is 1. The summed E-state index contributed by atoms with van der Waals surface area (Å²) in [6.45, 7) is 7.98. The number of ether oxygens (including phenoxy) is 1. The van der Waals surface area contributed by atoms with Gasteiger partial charge >= 0.3 is 0 Å². The molecule has 0 saturated heterocycles. The van der Waals surface area contributed by atoms with Crippen LogP contribution in [0.1, 0.15) is 31.9 Å². The molecule has 0 spiro atoms. The minimum Gasteiger partial charge on any atom is -0.492 e. The fourth-order valence-electron chi connectivity index (χ4n) is 3.26. The van der Waals surface area contributed by atoms with Crippen LogP contribution >= 0.6 is 0 Å². The van der Waals surface area contributed by atoms with Crippen molar-refractivity contribution in [3.8, 4) is 5.75 Å². The minimum absolute atomic E-state index is 0.146. The van der Waals surface area contributed by atoms with Gasteiger partial charge < -0.3 is 9.30 Å². The fraction of sp³-hybridized carbons (Fsp3) is 0.261. The molecule has 4 aromatic rings. The molecule has 0 aliphatic carbocycles. The van der Waals surface area contributed by atoms with Gasteiger partial charge in [-0.25, -0.2) is 4.68 Å². The van der Waals surface area contributed by atoms with Crippen molar-refractivity contribution in [2.45, 2.75) is 32.7 Å². The molecule has 0 N–H and O–H groups in total. The molecule has 0 radical (unpaired) electrons. The van der Waals surface area contributed by atoms with E-state index in [1.165, 1.54) is 5.56 Å². The van der Waals surface area contributed by atoms with E-state index in [-0.39, 0.29) is 5.41 Å². The summed E-state index contributed by atoms with van der Waals surface area (Å²) in [6, 6.07) is 16.7. The highest BCUT2D eigenvalue weighted by atomic mass is 16.5. The monoisotopic (exact) mass is 387 g/mol. The van der Waals surface area contributed by atoms with Crippen molar-refractivity contribution in [3.05, 3.63) is 78.5 Å². The number of nitrogens with zero attached hydrogens (tertiary/aromatic N) is 5. The first-order valence-corrected chi connectivity index (χ1v) is 9.71. The first-order valence-electron chi connectivity index (χ1n) is 9.71. The van der Waals surface area contributed by atoms with Crippen LogP contribution in [0.15, 0.2) is 72.5 Å². The fourth-order valence-corrected chi connectivity index (χ4v) is 3.26. The zero-order chi connectivity index (χ0) is 20.3. The molecule has 4 rings (SSSR count). The Morgan fingerprint density at radius 3 is 2.45 bits per heavy atom. The van der Waals surface area contributed by atoms with E-state index in [4.69, 9.17) is 4.74 Å². The van der Waals surface area contributed by atoms with E-state index in [1.54, 1.807) is 17.3 Å². The molecular formula is C23H25N5O. The molecule has 6 nitrogen and oxygen atoms in total. The van der Waals surface area contributed by atoms with E-state index in [1.807, 2.05) is 30.5 Å². The Hall–Kier alpha value is -3.41. The molecular weight excluding hydrogens is 362 g/mol. The van der Waals surface area contributed by atoms with Gasteiger partial charge in [0, 0.05) is 22.7 Å². The average Bonchev–Trinajstić information content (AvgIpc) is 3.34. The molecule has 29 heavy (non-hydrogen) atoms. The van der Waals surface area contributed by atoms with Crippen molar-refractivity contribution in [2.75, 3.05) is 6.61 Å². The Balaban J connectivity index is 1.47. The summed E-state index contributed by atoms with van der Waals surface area (Å²) in [5, 5.41) is 13.1. The lowest BCUT2D eigenvalue weighted by atomic mass is 9.87. The number of fused-ring (bicyclic) bond motifs is 1. The summed E-state index contributed by atoms with van der Waals surface area (Å²) in [7, 11) is 0. The Bertz CT molecular complexity index is 1100. The molecule has 0 atom stereocenters. The smallest absolute Gasteiger partial charge is 0.141 e. The second-order valence-electron chi connectivity index (χ2n) is 8.00. The molecule has 148 valence electrons. The van der Waals surface area contributed by atoms with E-state index in [0.717, 1.165) is 28.8 Å². The summed E-state index contributed by atoms with van der Waals surface area (Å²) in [5.41, 5.74) is 3.65. The predicted octanol–water partition coefficient (Wildman–Crippen LogP) is 4.49. The molecule has 0 aliphatic rings. The Kier molecular flexibility index (Phi) is 5.16. The van der Waals surface area contributed by atoms with Gasteiger partial charge in [-0.3, -0.25) is 0 Å². The largest absolute Gasteiger partial charge is 0.492 e. The van der Waals surface area contributed by atoms with Crippen molar-refractivity contribution >= 4 is 17.1 Å². The maximum absolute atomic E-state index is 5.98. The Morgan fingerprint density at radius 1 is 1.00 bits per heavy atom. The van der Waals surface area contributed by atoms with Crippen molar-refractivity contribution < 1.29 is 4.74 Å². The highest BCUT2D eigenvalue weighted by Gasteiger charge is 2.13. The van der Waals surface area contributed by atoms with E-state index in [9.17, 15) is 0 Å². The van der Waals surface area contributed by atoms with Crippen molar-refractivity contribution in [1.29, 1.82) is 0 Å². The van der Waals surface area contributed by atoms with Crippen molar-refractivity contribution in [1.82, 2.24) is 19.4 Å². The van der Waals surface area contributed by atoms with Crippen LogP contribution in [-0.2, 0) is 12.0 Å². The molecule has 0 saturated carbocycles. The average molecular weight is 387 g/mol. The number of benzene rings is 2. The number of hydrogen-bond donors (Lipinski definition) is 0. The summed E-state index contributed by atoms with van der Waals surface area (Å²) in [6.07, 6.45) is 7.06. The lowest BCUT2D eigenvalue weighted by Gasteiger charge is -2.19. The van der Waals surface area contributed by atoms with Gasteiger partial charge in [-0.1, -0.05) is 51.1 Å². The number of rotatable bonds is 6. The van der Waals surface area contributed by atoms with Crippen LogP contribution in [0.4, 0.5) is 0 Å². The topological polar surface area (TPSA) is 57.2 Å². The summed E-state index contributed by atoms with van der Waals surface area (Å²) >= 11 is 0. The van der Waals surface area contributed by atoms with Gasteiger partial charge in [-0.2, -0.15) is 5.10 Å². The van der Waals surface area contributed by atoms with Crippen LogP contribution in [-0.4, -0.2) is 32.3 Å². The summed E-state index contributed by atoms with van der Waals surface area (Å²) in [5.74, 6) is 0.892. The van der Waals surface area contributed by atoms with Crippen LogP contribution in [0.3, 0.4) is 0 Å². The Morgan fingerprint density at radius 2 is 1.72 bits per heavy atom. The van der Waals surface area contributed by atoms with E-state index in [2.05, 4.69) is 71.1 Å².